The maximum absolute atomic E-state index is 12.1. The highest BCUT2D eigenvalue weighted by Crippen LogP contribution is 2.22. The van der Waals surface area contributed by atoms with Gasteiger partial charge < -0.3 is 5.73 Å². The zero-order chi connectivity index (χ0) is 12.9. The molecule has 0 aliphatic heterocycles. The minimum Gasteiger partial charge on any atom is -0.320 e. The van der Waals surface area contributed by atoms with E-state index in [0.717, 1.165) is 12.8 Å². The lowest BCUT2D eigenvalue weighted by Gasteiger charge is -2.14. The number of benzene rings is 1. The molecule has 0 heterocycles. The third-order valence-electron chi connectivity index (χ3n) is 2.73. The van der Waals surface area contributed by atoms with E-state index >= 15 is 0 Å². The summed E-state index contributed by atoms with van der Waals surface area (Å²) >= 11 is 0. The van der Waals surface area contributed by atoms with Crippen molar-refractivity contribution in [2.24, 2.45) is 5.73 Å². The number of rotatable bonds is 5. The van der Waals surface area contributed by atoms with Gasteiger partial charge in [-0.15, -0.1) is 0 Å². The Morgan fingerprint density at radius 2 is 1.94 bits per heavy atom. The molecule has 1 rings (SSSR count). The second kappa shape index (κ2) is 6.05. The van der Waals surface area contributed by atoms with Gasteiger partial charge in [0.2, 0.25) is 0 Å². The molecule has 0 saturated heterocycles. The molecule has 1 aromatic rings. The lowest BCUT2D eigenvalue weighted by atomic mass is 10.0. The van der Waals surface area contributed by atoms with Gasteiger partial charge in [-0.2, -0.15) is 13.2 Å². The predicted octanol–water partition coefficient (Wildman–Crippen LogP) is 3.60. The Morgan fingerprint density at radius 3 is 2.53 bits per heavy atom. The number of hydrogen-bond donors (Lipinski definition) is 1. The monoisotopic (exact) mass is 245 g/mol. The van der Waals surface area contributed by atoms with Crippen LogP contribution in [0.5, 0.6) is 0 Å². The Hall–Kier alpha value is -1.03. The third kappa shape index (κ3) is 5.22. The minimum atomic E-state index is -4.26. The van der Waals surface area contributed by atoms with E-state index in [1.165, 1.54) is 11.1 Å². The molecule has 0 aliphatic rings. The molecule has 17 heavy (non-hydrogen) atoms. The highest BCUT2D eigenvalue weighted by molar-refractivity contribution is 5.22. The average molecular weight is 245 g/mol. The first-order chi connectivity index (χ1) is 7.89. The second-order valence-electron chi connectivity index (χ2n) is 4.38. The molecule has 96 valence electrons. The summed E-state index contributed by atoms with van der Waals surface area (Å²) in [6.07, 6.45) is -2.19. The van der Waals surface area contributed by atoms with Gasteiger partial charge in [-0.1, -0.05) is 36.2 Å². The number of nitrogens with two attached hydrogens (primary N) is 1. The summed E-state index contributed by atoms with van der Waals surface area (Å²) in [6, 6.07) is 6.34. The third-order valence-corrected chi connectivity index (χ3v) is 2.73. The fourth-order valence-corrected chi connectivity index (χ4v) is 1.72. The highest BCUT2D eigenvalue weighted by Gasteiger charge is 2.35. The van der Waals surface area contributed by atoms with Gasteiger partial charge >= 0.3 is 6.18 Å². The molecule has 0 unspecified atom stereocenters. The lowest BCUT2D eigenvalue weighted by molar-refractivity contribution is -0.149. The summed E-state index contributed by atoms with van der Waals surface area (Å²) in [5.41, 5.74) is 7.38. The topological polar surface area (TPSA) is 26.0 Å². The van der Waals surface area contributed by atoms with E-state index in [1.54, 1.807) is 0 Å². The van der Waals surface area contributed by atoms with Crippen molar-refractivity contribution in [1.82, 2.24) is 0 Å². The first-order valence-electron chi connectivity index (χ1n) is 5.77. The smallest absolute Gasteiger partial charge is 0.320 e. The molecule has 2 N–H and O–H groups in total. The van der Waals surface area contributed by atoms with Gasteiger partial charge in [0.1, 0.15) is 6.04 Å². The van der Waals surface area contributed by atoms with E-state index in [0.29, 0.717) is 6.42 Å². The van der Waals surface area contributed by atoms with Gasteiger partial charge in [0.15, 0.2) is 0 Å². The van der Waals surface area contributed by atoms with Crippen molar-refractivity contribution in [3.8, 4) is 0 Å². The molecule has 0 spiro atoms. The van der Waals surface area contributed by atoms with Crippen LogP contribution in [0.2, 0.25) is 0 Å². The van der Waals surface area contributed by atoms with Crippen LogP contribution in [-0.2, 0) is 6.42 Å². The number of aryl methyl sites for hydroxylation is 2. The second-order valence-corrected chi connectivity index (χ2v) is 4.38. The average Bonchev–Trinajstić information content (AvgIpc) is 2.23. The van der Waals surface area contributed by atoms with E-state index in [1.807, 2.05) is 25.1 Å². The predicted molar refractivity (Wildman–Crippen MR) is 62.8 cm³/mol. The Bertz CT molecular complexity index is 347. The maximum atomic E-state index is 12.1. The first-order valence-corrected chi connectivity index (χ1v) is 5.77. The molecular weight excluding hydrogens is 227 g/mol. The van der Waals surface area contributed by atoms with Crippen molar-refractivity contribution in [3.05, 3.63) is 35.4 Å². The molecule has 0 saturated carbocycles. The number of halogens is 3. The number of unbranched alkanes of at least 4 members (excludes halogenated alkanes) is 1. The Morgan fingerprint density at radius 1 is 1.24 bits per heavy atom. The highest BCUT2D eigenvalue weighted by atomic mass is 19.4. The quantitative estimate of drug-likeness (QED) is 0.788. The van der Waals surface area contributed by atoms with Crippen LogP contribution in [0.3, 0.4) is 0 Å². The molecular formula is C13H18F3N. The fraction of sp³-hybridized carbons (Fsp3) is 0.538. The molecule has 0 bridgehead atoms. The fourth-order valence-electron chi connectivity index (χ4n) is 1.72. The van der Waals surface area contributed by atoms with Gasteiger partial charge in [0.25, 0.3) is 0 Å². The standard InChI is InChI=1S/C13H18F3N/c1-10-5-4-7-11(9-10)6-2-3-8-12(17)13(14,15)16/h4-5,7,9,12H,2-3,6,8,17H2,1H3/t12-/m0/s1. The summed E-state index contributed by atoms with van der Waals surface area (Å²) in [7, 11) is 0. The van der Waals surface area contributed by atoms with Crippen molar-refractivity contribution in [2.75, 3.05) is 0 Å². The maximum Gasteiger partial charge on any atom is 0.403 e. The van der Waals surface area contributed by atoms with E-state index < -0.39 is 12.2 Å². The summed E-state index contributed by atoms with van der Waals surface area (Å²) < 4.78 is 36.4. The zero-order valence-electron chi connectivity index (χ0n) is 9.93. The Kier molecular flexibility index (Phi) is 5.00. The molecule has 0 amide bonds. The van der Waals surface area contributed by atoms with Crippen LogP contribution in [0.1, 0.15) is 30.4 Å². The molecule has 1 nitrogen and oxygen atoms in total. The molecule has 4 heteroatoms. The molecule has 0 radical (unpaired) electrons. The Balaban J connectivity index is 2.25. The molecule has 0 aliphatic carbocycles. The van der Waals surface area contributed by atoms with Crippen molar-refractivity contribution >= 4 is 0 Å². The van der Waals surface area contributed by atoms with Crippen LogP contribution < -0.4 is 5.73 Å². The summed E-state index contributed by atoms with van der Waals surface area (Å²) in [5.74, 6) is 0. The van der Waals surface area contributed by atoms with Gasteiger partial charge in [-0.3, -0.25) is 0 Å². The van der Waals surface area contributed by atoms with Crippen LogP contribution in [0.4, 0.5) is 13.2 Å². The Labute approximate surface area is 99.8 Å². The van der Waals surface area contributed by atoms with Gasteiger partial charge in [-0.25, -0.2) is 0 Å². The first kappa shape index (κ1) is 14.0. The minimum absolute atomic E-state index is 0.00924. The van der Waals surface area contributed by atoms with E-state index in [4.69, 9.17) is 5.73 Å². The molecule has 0 fully saturated rings. The zero-order valence-corrected chi connectivity index (χ0v) is 9.93. The van der Waals surface area contributed by atoms with Crippen LogP contribution in [0.15, 0.2) is 24.3 Å². The van der Waals surface area contributed by atoms with E-state index in [9.17, 15) is 13.2 Å². The van der Waals surface area contributed by atoms with Crippen LogP contribution in [0.25, 0.3) is 0 Å². The van der Waals surface area contributed by atoms with Crippen LogP contribution in [-0.4, -0.2) is 12.2 Å². The molecule has 0 aromatic heterocycles. The molecule has 1 atom stereocenters. The normalized spacial score (nSPS) is 13.7. The summed E-state index contributed by atoms with van der Waals surface area (Å²) in [6.45, 7) is 2.00. The van der Waals surface area contributed by atoms with E-state index in [2.05, 4.69) is 6.07 Å². The van der Waals surface area contributed by atoms with Crippen molar-refractivity contribution in [3.63, 3.8) is 0 Å². The SMILES string of the molecule is Cc1cccc(CCCC[C@H](N)C(F)(F)F)c1. The van der Waals surface area contributed by atoms with E-state index in [-0.39, 0.29) is 6.42 Å². The summed E-state index contributed by atoms with van der Waals surface area (Å²) in [5, 5.41) is 0. The largest absolute Gasteiger partial charge is 0.403 e. The van der Waals surface area contributed by atoms with Crippen molar-refractivity contribution < 1.29 is 13.2 Å². The number of hydrogen-bond acceptors (Lipinski definition) is 1. The number of alkyl halides is 3. The van der Waals surface area contributed by atoms with Crippen molar-refractivity contribution in [1.29, 1.82) is 0 Å². The van der Waals surface area contributed by atoms with Crippen LogP contribution >= 0.6 is 0 Å². The van der Waals surface area contributed by atoms with Gasteiger partial charge in [-0.05, 0) is 31.7 Å². The van der Waals surface area contributed by atoms with Crippen LogP contribution in [0, 0.1) is 6.92 Å². The lowest BCUT2D eigenvalue weighted by Crippen LogP contribution is -2.37. The van der Waals surface area contributed by atoms with Gasteiger partial charge in [0, 0.05) is 0 Å². The summed E-state index contributed by atoms with van der Waals surface area (Å²) in [4.78, 5) is 0. The van der Waals surface area contributed by atoms with Crippen molar-refractivity contribution in [2.45, 2.75) is 44.8 Å². The van der Waals surface area contributed by atoms with Gasteiger partial charge in [0.05, 0.1) is 0 Å². The molecule has 1 aromatic carbocycles.